The van der Waals surface area contributed by atoms with Crippen LogP contribution < -0.4 is 5.32 Å². The van der Waals surface area contributed by atoms with E-state index in [1.54, 1.807) is 13.8 Å². The Hall–Kier alpha value is -1.95. The van der Waals surface area contributed by atoms with Crippen molar-refractivity contribution in [3.05, 3.63) is 29.6 Å². The summed E-state index contributed by atoms with van der Waals surface area (Å²) in [5.41, 5.74) is 0.0720. The van der Waals surface area contributed by atoms with Crippen LogP contribution in [0, 0.1) is 5.82 Å². The number of ether oxygens (including phenoxy) is 2. The third-order valence-corrected chi connectivity index (χ3v) is 2.43. The van der Waals surface area contributed by atoms with Crippen LogP contribution in [0.2, 0.25) is 0 Å². The summed E-state index contributed by atoms with van der Waals surface area (Å²) < 4.78 is 23.2. The van der Waals surface area contributed by atoms with Gasteiger partial charge in [0.25, 0.3) is 5.91 Å². The minimum atomic E-state index is -0.703. The Bertz CT molecular complexity index is 476. The molecule has 1 aromatic rings. The molecule has 19 heavy (non-hydrogen) atoms. The summed E-state index contributed by atoms with van der Waals surface area (Å²) in [6, 6.07) is 3.59. The number of nitrogens with one attached hydrogen (secondary N) is 1. The lowest BCUT2D eigenvalue weighted by Crippen LogP contribution is -2.28. The maximum absolute atomic E-state index is 13.5. The highest BCUT2D eigenvalue weighted by atomic mass is 19.1. The number of esters is 1. The highest BCUT2D eigenvalue weighted by Crippen LogP contribution is 2.17. The highest BCUT2D eigenvalue weighted by molar-refractivity contribution is 5.96. The molecule has 0 spiro atoms. The van der Waals surface area contributed by atoms with Gasteiger partial charge in [0, 0.05) is 6.61 Å². The van der Waals surface area contributed by atoms with Crippen molar-refractivity contribution in [2.24, 2.45) is 0 Å². The molecule has 0 radical (unpaired) electrons. The van der Waals surface area contributed by atoms with Gasteiger partial charge < -0.3 is 14.8 Å². The molecule has 0 aliphatic heterocycles. The zero-order valence-electron chi connectivity index (χ0n) is 11.0. The number of methoxy groups -OCH3 is 1. The van der Waals surface area contributed by atoms with E-state index in [-0.39, 0.29) is 11.3 Å². The van der Waals surface area contributed by atoms with Crippen LogP contribution in [0.1, 0.15) is 24.2 Å². The molecule has 0 saturated carbocycles. The molecule has 0 aliphatic carbocycles. The van der Waals surface area contributed by atoms with Crippen LogP contribution in [0.3, 0.4) is 0 Å². The fourth-order valence-corrected chi connectivity index (χ4v) is 1.43. The SMILES string of the molecule is CCOC(C)C(=O)Nc1cc(C(=O)OC)ccc1F. The Morgan fingerprint density at radius 2 is 2.11 bits per heavy atom. The van der Waals surface area contributed by atoms with Crippen LogP contribution in [0.5, 0.6) is 0 Å². The lowest BCUT2D eigenvalue weighted by molar-refractivity contribution is -0.126. The van der Waals surface area contributed by atoms with Gasteiger partial charge in [-0.05, 0) is 32.0 Å². The topological polar surface area (TPSA) is 64.6 Å². The van der Waals surface area contributed by atoms with Gasteiger partial charge in [-0.15, -0.1) is 0 Å². The number of halogens is 1. The second kappa shape index (κ2) is 6.84. The number of carbonyl (C=O) groups is 2. The van der Waals surface area contributed by atoms with Crippen molar-refractivity contribution < 1.29 is 23.5 Å². The predicted molar refractivity (Wildman–Crippen MR) is 67.5 cm³/mol. The molecule has 5 nitrogen and oxygen atoms in total. The zero-order chi connectivity index (χ0) is 14.4. The van der Waals surface area contributed by atoms with Crippen LogP contribution in [0.25, 0.3) is 0 Å². The molecular formula is C13H16FNO4. The molecule has 1 unspecified atom stereocenters. The zero-order valence-corrected chi connectivity index (χ0v) is 11.0. The van der Waals surface area contributed by atoms with Crippen LogP contribution in [-0.4, -0.2) is 31.7 Å². The van der Waals surface area contributed by atoms with E-state index in [9.17, 15) is 14.0 Å². The largest absolute Gasteiger partial charge is 0.465 e. The molecule has 1 aromatic carbocycles. The maximum Gasteiger partial charge on any atom is 0.337 e. The smallest absolute Gasteiger partial charge is 0.337 e. The minimum absolute atomic E-state index is 0.0838. The van der Waals surface area contributed by atoms with Crippen molar-refractivity contribution in [3.8, 4) is 0 Å². The van der Waals surface area contributed by atoms with Gasteiger partial charge in [0.1, 0.15) is 11.9 Å². The van der Waals surface area contributed by atoms with E-state index >= 15 is 0 Å². The molecule has 1 rings (SSSR count). The predicted octanol–water partition coefficient (Wildman–Crippen LogP) is 1.98. The second-order valence-electron chi connectivity index (χ2n) is 3.77. The lowest BCUT2D eigenvalue weighted by Gasteiger charge is -2.13. The average Bonchev–Trinajstić information content (AvgIpc) is 2.40. The van der Waals surface area contributed by atoms with Crippen molar-refractivity contribution in [2.75, 3.05) is 19.0 Å². The first kappa shape index (κ1) is 15.1. The van der Waals surface area contributed by atoms with Gasteiger partial charge in [-0.3, -0.25) is 4.79 Å². The Morgan fingerprint density at radius 1 is 1.42 bits per heavy atom. The van der Waals surface area contributed by atoms with Gasteiger partial charge in [-0.1, -0.05) is 0 Å². The summed E-state index contributed by atoms with van der Waals surface area (Å²) in [7, 11) is 1.22. The van der Waals surface area contributed by atoms with Gasteiger partial charge in [0.05, 0.1) is 18.4 Å². The monoisotopic (exact) mass is 269 g/mol. The van der Waals surface area contributed by atoms with Crippen LogP contribution in [0.4, 0.5) is 10.1 Å². The Labute approximate surface area is 110 Å². The number of anilines is 1. The average molecular weight is 269 g/mol. The lowest BCUT2D eigenvalue weighted by atomic mass is 10.2. The van der Waals surface area contributed by atoms with Crippen molar-refractivity contribution in [1.82, 2.24) is 0 Å². The van der Waals surface area contributed by atoms with Crippen molar-refractivity contribution in [1.29, 1.82) is 0 Å². The standard InChI is InChI=1S/C13H16FNO4/c1-4-19-8(2)12(16)15-11-7-9(13(17)18-3)5-6-10(11)14/h5-8H,4H2,1-3H3,(H,15,16). The number of hydrogen-bond acceptors (Lipinski definition) is 4. The van der Waals surface area contributed by atoms with Crippen molar-refractivity contribution in [3.63, 3.8) is 0 Å². The van der Waals surface area contributed by atoms with E-state index in [2.05, 4.69) is 10.1 Å². The molecule has 0 aromatic heterocycles. The molecule has 1 amide bonds. The number of hydrogen-bond donors (Lipinski definition) is 1. The van der Waals surface area contributed by atoms with E-state index in [0.717, 1.165) is 6.07 Å². The van der Waals surface area contributed by atoms with Gasteiger partial charge in [-0.25, -0.2) is 9.18 Å². The highest BCUT2D eigenvalue weighted by Gasteiger charge is 2.16. The van der Waals surface area contributed by atoms with Crippen molar-refractivity contribution in [2.45, 2.75) is 20.0 Å². The van der Waals surface area contributed by atoms with E-state index in [0.29, 0.717) is 6.61 Å². The maximum atomic E-state index is 13.5. The first-order valence-electron chi connectivity index (χ1n) is 5.80. The van der Waals surface area contributed by atoms with Crippen LogP contribution in [0.15, 0.2) is 18.2 Å². The van der Waals surface area contributed by atoms with Crippen LogP contribution in [-0.2, 0) is 14.3 Å². The van der Waals surface area contributed by atoms with Gasteiger partial charge in [-0.2, -0.15) is 0 Å². The Morgan fingerprint density at radius 3 is 2.68 bits per heavy atom. The molecule has 0 heterocycles. The molecule has 0 bridgehead atoms. The first-order chi connectivity index (χ1) is 8.99. The third-order valence-electron chi connectivity index (χ3n) is 2.43. The minimum Gasteiger partial charge on any atom is -0.465 e. The van der Waals surface area contributed by atoms with Crippen molar-refractivity contribution >= 4 is 17.6 Å². The van der Waals surface area contributed by atoms with Gasteiger partial charge in [0.15, 0.2) is 0 Å². The van der Waals surface area contributed by atoms with E-state index in [1.165, 1.54) is 19.2 Å². The summed E-state index contributed by atoms with van der Waals surface area (Å²) in [5.74, 6) is -1.72. The molecule has 6 heteroatoms. The Kier molecular flexibility index (Phi) is 5.44. The normalized spacial score (nSPS) is 11.8. The summed E-state index contributed by atoms with van der Waals surface area (Å²) in [4.78, 5) is 23.0. The number of amides is 1. The number of carbonyl (C=O) groups excluding carboxylic acids is 2. The molecule has 0 saturated heterocycles. The Balaban J connectivity index is 2.88. The molecule has 0 fully saturated rings. The number of benzene rings is 1. The third kappa shape index (κ3) is 4.03. The fourth-order valence-electron chi connectivity index (χ4n) is 1.43. The number of rotatable bonds is 5. The molecule has 1 N–H and O–H groups in total. The molecular weight excluding hydrogens is 253 g/mol. The summed E-state index contributed by atoms with van der Waals surface area (Å²) in [6.45, 7) is 3.68. The summed E-state index contributed by atoms with van der Waals surface area (Å²) in [6.07, 6.45) is -0.703. The van der Waals surface area contributed by atoms with Crippen LogP contribution >= 0.6 is 0 Å². The van der Waals surface area contributed by atoms with E-state index < -0.39 is 23.8 Å². The summed E-state index contributed by atoms with van der Waals surface area (Å²) >= 11 is 0. The van der Waals surface area contributed by atoms with Gasteiger partial charge in [0.2, 0.25) is 0 Å². The van der Waals surface area contributed by atoms with E-state index in [1.807, 2.05) is 0 Å². The summed E-state index contributed by atoms with van der Waals surface area (Å²) in [5, 5.41) is 2.37. The quantitative estimate of drug-likeness (QED) is 0.830. The first-order valence-corrected chi connectivity index (χ1v) is 5.80. The molecule has 1 atom stereocenters. The fraction of sp³-hybridized carbons (Fsp3) is 0.385. The van der Waals surface area contributed by atoms with Gasteiger partial charge >= 0.3 is 5.97 Å². The molecule has 0 aliphatic rings. The second-order valence-corrected chi connectivity index (χ2v) is 3.77. The molecule has 104 valence electrons. The van der Waals surface area contributed by atoms with E-state index in [4.69, 9.17) is 4.74 Å².